The Morgan fingerprint density at radius 2 is 2.00 bits per heavy atom. The zero-order valence-electron chi connectivity index (χ0n) is 9.35. The Morgan fingerprint density at radius 3 is 3.00 bits per heavy atom. The normalized spacial score (nSPS) is 14.4. The van der Waals surface area contributed by atoms with Gasteiger partial charge in [0.25, 0.3) is 0 Å². The van der Waals surface area contributed by atoms with Gasteiger partial charge in [-0.2, -0.15) is 0 Å². The number of nitrogens with zero attached hydrogens (tertiary/aromatic N) is 1. The Hall–Kier alpha value is -2.15. The van der Waals surface area contributed by atoms with E-state index in [2.05, 4.69) is 54.6 Å². The van der Waals surface area contributed by atoms with Gasteiger partial charge in [-0.05, 0) is 24.1 Å². The number of aromatic nitrogens is 1. The van der Waals surface area contributed by atoms with Crippen LogP contribution in [0.25, 0.3) is 29.5 Å². The number of pyridine rings is 1. The average molecular weight is 217 g/mol. The lowest BCUT2D eigenvalue weighted by Crippen LogP contribution is -2.20. The molecule has 80 valence electrons. The largest absolute Gasteiger partial charge is 0.247 e. The molecule has 0 unspecified atom stereocenters. The minimum atomic E-state index is 0.990. The van der Waals surface area contributed by atoms with Crippen molar-refractivity contribution in [1.82, 2.24) is 4.98 Å². The van der Waals surface area contributed by atoms with Crippen LogP contribution in [-0.2, 0) is 0 Å². The first-order valence-corrected chi connectivity index (χ1v) is 5.91. The predicted molar refractivity (Wildman–Crippen MR) is 70.6 cm³/mol. The highest BCUT2D eigenvalue weighted by Gasteiger charge is 2.13. The SMILES string of the molecule is C1=Cc2cc3c(nc2=CC1)-c1ccccc1C=3. The third-order valence-corrected chi connectivity index (χ3v) is 3.38. The lowest BCUT2D eigenvalue weighted by molar-refractivity contribution is 1.20. The molecule has 1 aromatic carbocycles. The fraction of sp³-hybridized carbons (Fsp3) is 0.0625. The first-order valence-electron chi connectivity index (χ1n) is 5.91. The molecule has 0 aliphatic heterocycles. The summed E-state index contributed by atoms with van der Waals surface area (Å²) in [5.41, 5.74) is 4.90. The lowest BCUT2D eigenvalue weighted by atomic mass is 10.1. The van der Waals surface area contributed by atoms with E-state index in [9.17, 15) is 0 Å². The number of hydrogen-bond donors (Lipinski definition) is 0. The molecule has 0 saturated heterocycles. The number of fused-ring (bicyclic) bond motifs is 4. The lowest BCUT2D eigenvalue weighted by Gasteiger charge is -2.04. The van der Waals surface area contributed by atoms with E-state index in [-0.39, 0.29) is 0 Å². The van der Waals surface area contributed by atoms with Gasteiger partial charge in [-0.25, -0.2) is 4.98 Å². The van der Waals surface area contributed by atoms with Crippen LogP contribution < -0.4 is 10.6 Å². The number of benzene rings is 1. The van der Waals surface area contributed by atoms with E-state index in [0.717, 1.165) is 17.5 Å². The summed E-state index contributed by atoms with van der Waals surface area (Å²) in [4.78, 5) is 4.80. The molecule has 2 aliphatic rings. The summed E-state index contributed by atoms with van der Waals surface area (Å²) in [5.74, 6) is 0. The molecule has 1 heterocycles. The first kappa shape index (κ1) is 8.94. The molecular weight excluding hydrogens is 206 g/mol. The molecule has 17 heavy (non-hydrogen) atoms. The van der Waals surface area contributed by atoms with E-state index in [1.165, 1.54) is 21.9 Å². The Bertz CT molecular complexity index is 767. The summed E-state index contributed by atoms with van der Waals surface area (Å²) < 4.78 is 0. The minimum absolute atomic E-state index is 0.990. The van der Waals surface area contributed by atoms with Gasteiger partial charge >= 0.3 is 0 Å². The van der Waals surface area contributed by atoms with Crippen LogP contribution in [0.5, 0.6) is 0 Å². The van der Waals surface area contributed by atoms with E-state index in [0.29, 0.717) is 0 Å². The smallest absolute Gasteiger partial charge is 0.0788 e. The van der Waals surface area contributed by atoms with Gasteiger partial charge in [0.1, 0.15) is 0 Å². The highest BCUT2D eigenvalue weighted by molar-refractivity contribution is 5.81. The quantitative estimate of drug-likeness (QED) is 0.562. The molecule has 0 bridgehead atoms. The van der Waals surface area contributed by atoms with Gasteiger partial charge < -0.3 is 0 Å². The maximum absolute atomic E-state index is 4.80. The summed E-state index contributed by atoms with van der Waals surface area (Å²) in [6, 6.07) is 10.7. The van der Waals surface area contributed by atoms with Gasteiger partial charge in [0.15, 0.2) is 0 Å². The fourth-order valence-electron chi connectivity index (χ4n) is 2.56. The Balaban J connectivity index is 2.11. The third kappa shape index (κ3) is 1.22. The second-order valence-corrected chi connectivity index (χ2v) is 4.47. The minimum Gasteiger partial charge on any atom is -0.247 e. The average Bonchev–Trinajstić information content (AvgIpc) is 2.73. The first-order chi connectivity index (χ1) is 8.42. The maximum Gasteiger partial charge on any atom is 0.0788 e. The van der Waals surface area contributed by atoms with Crippen LogP contribution in [0, 0.1) is 0 Å². The van der Waals surface area contributed by atoms with E-state index in [1.807, 2.05) is 0 Å². The summed E-state index contributed by atoms with van der Waals surface area (Å²) in [7, 11) is 0. The molecule has 0 radical (unpaired) electrons. The molecule has 0 atom stereocenters. The van der Waals surface area contributed by atoms with Gasteiger partial charge in [0, 0.05) is 16.3 Å². The molecule has 1 nitrogen and oxygen atoms in total. The summed E-state index contributed by atoms with van der Waals surface area (Å²) in [6.07, 6.45) is 9.75. The van der Waals surface area contributed by atoms with Crippen molar-refractivity contribution in [2.45, 2.75) is 6.42 Å². The summed E-state index contributed by atoms with van der Waals surface area (Å²) >= 11 is 0. The van der Waals surface area contributed by atoms with Gasteiger partial charge in [-0.1, -0.05) is 42.5 Å². The van der Waals surface area contributed by atoms with Crippen LogP contribution in [0.2, 0.25) is 0 Å². The van der Waals surface area contributed by atoms with Crippen molar-refractivity contribution in [2.75, 3.05) is 0 Å². The molecular formula is C16H11N. The topological polar surface area (TPSA) is 12.9 Å². The Kier molecular flexibility index (Phi) is 1.67. The number of hydrogen-bond acceptors (Lipinski definition) is 1. The summed E-state index contributed by atoms with van der Waals surface area (Å²) in [6.45, 7) is 0. The zero-order chi connectivity index (χ0) is 11.2. The van der Waals surface area contributed by atoms with Gasteiger partial charge in [-0.15, -0.1) is 0 Å². The molecule has 0 saturated carbocycles. The van der Waals surface area contributed by atoms with Gasteiger partial charge in [0.2, 0.25) is 0 Å². The van der Waals surface area contributed by atoms with E-state index in [4.69, 9.17) is 4.98 Å². The van der Waals surface area contributed by atoms with Gasteiger partial charge in [0.05, 0.1) is 11.0 Å². The molecule has 4 rings (SSSR count). The van der Waals surface area contributed by atoms with Crippen molar-refractivity contribution in [2.24, 2.45) is 0 Å². The number of allylic oxidation sites excluding steroid dienone is 1. The zero-order valence-corrected chi connectivity index (χ0v) is 9.35. The van der Waals surface area contributed by atoms with Gasteiger partial charge in [-0.3, -0.25) is 0 Å². The van der Waals surface area contributed by atoms with Crippen LogP contribution >= 0.6 is 0 Å². The van der Waals surface area contributed by atoms with Crippen LogP contribution in [0.15, 0.2) is 36.4 Å². The molecule has 2 aromatic rings. The molecule has 2 aliphatic carbocycles. The summed E-state index contributed by atoms with van der Waals surface area (Å²) in [5, 5.41) is 2.36. The molecule has 0 N–H and O–H groups in total. The standard InChI is InChI=1S/C16H11N/c1-3-7-14-11(5-1)9-13-10-12-6-2-4-8-15(12)17-16(13)14/h1-3,5-10H,4H2. The van der Waals surface area contributed by atoms with Crippen molar-refractivity contribution >= 4 is 18.2 Å². The second kappa shape index (κ2) is 3.17. The second-order valence-electron chi connectivity index (χ2n) is 4.47. The molecule has 0 fully saturated rings. The van der Waals surface area contributed by atoms with Crippen molar-refractivity contribution in [3.8, 4) is 11.3 Å². The number of rotatable bonds is 0. The Morgan fingerprint density at radius 1 is 1.06 bits per heavy atom. The highest BCUT2D eigenvalue weighted by atomic mass is 14.7. The highest BCUT2D eigenvalue weighted by Crippen LogP contribution is 2.23. The fourth-order valence-corrected chi connectivity index (χ4v) is 2.56. The van der Waals surface area contributed by atoms with E-state index in [1.54, 1.807) is 0 Å². The van der Waals surface area contributed by atoms with Crippen molar-refractivity contribution in [3.63, 3.8) is 0 Å². The molecule has 1 aromatic heterocycles. The molecule has 1 heteroatoms. The molecule has 0 amide bonds. The van der Waals surface area contributed by atoms with Crippen LogP contribution in [0.4, 0.5) is 0 Å². The predicted octanol–water partition coefficient (Wildman–Crippen LogP) is 2.09. The van der Waals surface area contributed by atoms with Crippen LogP contribution in [0.3, 0.4) is 0 Å². The third-order valence-electron chi connectivity index (χ3n) is 3.38. The van der Waals surface area contributed by atoms with E-state index < -0.39 is 0 Å². The van der Waals surface area contributed by atoms with Crippen molar-refractivity contribution in [3.05, 3.63) is 58.1 Å². The van der Waals surface area contributed by atoms with Crippen molar-refractivity contribution < 1.29 is 0 Å². The monoisotopic (exact) mass is 217 g/mol. The van der Waals surface area contributed by atoms with Crippen molar-refractivity contribution in [1.29, 1.82) is 0 Å². The maximum atomic E-state index is 4.80. The van der Waals surface area contributed by atoms with E-state index >= 15 is 0 Å². The Labute approximate surface area is 99.5 Å². The molecule has 0 spiro atoms. The van der Waals surface area contributed by atoms with Crippen LogP contribution in [-0.4, -0.2) is 4.98 Å². The van der Waals surface area contributed by atoms with Crippen LogP contribution in [0.1, 0.15) is 17.5 Å².